The highest BCUT2D eigenvalue weighted by molar-refractivity contribution is 6.76. The second kappa shape index (κ2) is 5.86. The van der Waals surface area contributed by atoms with Crippen LogP contribution in [0.25, 0.3) is 11.0 Å². The summed E-state index contributed by atoms with van der Waals surface area (Å²) in [5.41, 5.74) is 1.92. The van der Waals surface area contributed by atoms with Crippen LogP contribution in [0, 0.1) is 0 Å². The van der Waals surface area contributed by atoms with Gasteiger partial charge in [0.2, 0.25) is 0 Å². The first-order valence-corrected chi connectivity index (χ1v) is 10.3. The molecule has 0 aliphatic carbocycles. The predicted octanol–water partition coefficient (Wildman–Crippen LogP) is 2.84. The highest BCUT2D eigenvalue weighted by atomic mass is 28.3. The molecule has 0 saturated carbocycles. The molecule has 0 aliphatic heterocycles. The number of aliphatic hydroxyl groups excluding tert-OH is 1. The summed E-state index contributed by atoms with van der Waals surface area (Å²) in [5.74, 6) is 0.661. The summed E-state index contributed by atoms with van der Waals surface area (Å²) in [7, 11) is -1.05. The van der Waals surface area contributed by atoms with Crippen molar-refractivity contribution in [2.45, 2.75) is 39.0 Å². The van der Waals surface area contributed by atoms with E-state index in [0.717, 1.165) is 23.7 Å². The van der Waals surface area contributed by atoms with E-state index in [4.69, 9.17) is 4.74 Å². The van der Waals surface area contributed by atoms with Crippen molar-refractivity contribution in [2.75, 3.05) is 6.61 Å². The fourth-order valence-electron chi connectivity index (χ4n) is 1.92. The number of para-hydroxylation sites is 2. The molecule has 1 N–H and O–H groups in total. The van der Waals surface area contributed by atoms with Gasteiger partial charge in [-0.1, -0.05) is 31.8 Å². The molecule has 0 unspecified atom stereocenters. The van der Waals surface area contributed by atoms with E-state index in [2.05, 4.69) is 24.6 Å². The molecule has 2 rings (SSSR count). The molecule has 0 spiro atoms. The van der Waals surface area contributed by atoms with Gasteiger partial charge in [0.25, 0.3) is 0 Å². The number of fused-ring (bicyclic) bond motifs is 1. The minimum Gasteiger partial charge on any atom is -0.388 e. The Balaban J connectivity index is 2.07. The number of rotatable bonds is 6. The molecular weight excluding hydrogens is 256 g/mol. The number of ether oxygens (including phenoxy) is 1. The molecular formula is C14H22N2O2Si. The smallest absolute Gasteiger partial charge is 0.137 e. The lowest BCUT2D eigenvalue weighted by Crippen LogP contribution is -2.22. The maximum atomic E-state index is 9.37. The molecule has 104 valence electrons. The Labute approximate surface area is 115 Å². The Morgan fingerprint density at radius 3 is 2.68 bits per heavy atom. The van der Waals surface area contributed by atoms with E-state index in [1.54, 1.807) is 0 Å². The van der Waals surface area contributed by atoms with E-state index in [-0.39, 0.29) is 6.61 Å². The molecule has 4 nitrogen and oxygen atoms in total. The van der Waals surface area contributed by atoms with E-state index < -0.39 is 8.07 Å². The fraction of sp³-hybridized carbons (Fsp3) is 0.500. The predicted molar refractivity (Wildman–Crippen MR) is 79.8 cm³/mol. The van der Waals surface area contributed by atoms with Crippen LogP contribution in [-0.4, -0.2) is 29.3 Å². The van der Waals surface area contributed by atoms with Crippen molar-refractivity contribution in [1.29, 1.82) is 0 Å². The van der Waals surface area contributed by atoms with Crippen LogP contribution in [-0.2, 0) is 18.1 Å². The maximum absolute atomic E-state index is 9.37. The molecule has 19 heavy (non-hydrogen) atoms. The third-order valence-corrected chi connectivity index (χ3v) is 4.80. The first kappa shape index (κ1) is 14.2. The summed E-state index contributed by atoms with van der Waals surface area (Å²) in [6.45, 7) is 8.17. The van der Waals surface area contributed by atoms with E-state index in [9.17, 15) is 5.11 Å². The van der Waals surface area contributed by atoms with Crippen LogP contribution in [0.1, 0.15) is 5.82 Å². The highest BCUT2D eigenvalue weighted by Crippen LogP contribution is 2.16. The Morgan fingerprint density at radius 2 is 2.00 bits per heavy atom. The zero-order valence-corrected chi connectivity index (χ0v) is 12.9. The van der Waals surface area contributed by atoms with Gasteiger partial charge in [-0.05, 0) is 18.2 Å². The van der Waals surface area contributed by atoms with Crippen LogP contribution in [0.2, 0.25) is 25.7 Å². The summed E-state index contributed by atoms with van der Waals surface area (Å²) in [6, 6.07) is 9.03. The monoisotopic (exact) mass is 278 g/mol. The van der Waals surface area contributed by atoms with Crippen LogP contribution in [0.15, 0.2) is 24.3 Å². The van der Waals surface area contributed by atoms with Gasteiger partial charge in [0.15, 0.2) is 0 Å². The molecule has 0 fully saturated rings. The number of imidazole rings is 1. The molecule has 1 aromatic heterocycles. The first-order valence-electron chi connectivity index (χ1n) is 6.64. The number of nitrogens with zero attached hydrogens (tertiary/aromatic N) is 2. The van der Waals surface area contributed by atoms with Gasteiger partial charge in [-0.25, -0.2) is 4.98 Å². The van der Waals surface area contributed by atoms with Crippen molar-refractivity contribution in [3.63, 3.8) is 0 Å². The minimum absolute atomic E-state index is 0.0634. The molecule has 0 bridgehead atoms. The van der Waals surface area contributed by atoms with Crippen LogP contribution in [0.5, 0.6) is 0 Å². The summed E-state index contributed by atoms with van der Waals surface area (Å²) < 4.78 is 7.70. The standard InChI is InChI=1S/C14H22N2O2Si/c1-19(2,3)9-8-18-11-16-13-7-5-4-6-12(13)15-14(16)10-17/h4-7,17H,8-11H2,1-3H3. The number of aliphatic hydroxyl groups is 1. The van der Waals surface area contributed by atoms with E-state index in [1.807, 2.05) is 28.8 Å². The van der Waals surface area contributed by atoms with Gasteiger partial charge < -0.3 is 14.4 Å². The van der Waals surface area contributed by atoms with Gasteiger partial charge in [-0.3, -0.25) is 0 Å². The van der Waals surface area contributed by atoms with Crippen molar-refractivity contribution in [3.8, 4) is 0 Å². The first-order chi connectivity index (χ1) is 9.01. The van der Waals surface area contributed by atoms with E-state index in [1.165, 1.54) is 0 Å². The second-order valence-corrected chi connectivity index (χ2v) is 11.6. The van der Waals surface area contributed by atoms with Gasteiger partial charge >= 0.3 is 0 Å². The second-order valence-electron chi connectivity index (χ2n) is 5.95. The lowest BCUT2D eigenvalue weighted by molar-refractivity contribution is 0.0845. The van der Waals surface area contributed by atoms with Crippen LogP contribution in [0.3, 0.4) is 0 Å². The molecule has 1 aromatic carbocycles. The molecule has 1 heterocycles. The Bertz CT molecular complexity index is 546. The van der Waals surface area contributed by atoms with Gasteiger partial charge in [-0.15, -0.1) is 0 Å². The maximum Gasteiger partial charge on any atom is 0.137 e. The molecule has 2 aromatic rings. The van der Waals surface area contributed by atoms with Gasteiger partial charge in [-0.2, -0.15) is 0 Å². The number of hydrogen-bond acceptors (Lipinski definition) is 3. The fourth-order valence-corrected chi connectivity index (χ4v) is 2.68. The average molecular weight is 278 g/mol. The summed E-state index contributed by atoms with van der Waals surface area (Å²) in [4.78, 5) is 4.40. The summed E-state index contributed by atoms with van der Waals surface area (Å²) in [5, 5.41) is 9.37. The van der Waals surface area contributed by atoms with Crippen molar-refractivity contribution in [3.05, 3.63) is 30.1 Å². The lowest BCUT2D eigenvalue weighted by atomic mass is 10.3. The van der Waals surface area contributed by atoms with Crippen molar-refractivity contribution in [1.82, 2.24) is 9.55 Å². The molecule has 0 saturated heterocycles. The summed E-state index contributed by atoms with van der Waals surface area (Å²) >= 11 is 0. The van der Waals surface area contributed by atoms with E-state index >= 15 is 0 Å². The summed E-state index contributed by atoms with van der Waals surface area (Å²) in [6.07, 6.45) is 0. The third kappa shape index (κ3) is 3.65. The topological polar surface area (TPSA) is 47.3 Å². The Hall–Kier alpha value is -1.17. The number of benzene rings is 1. The Kier molecular flexibility index (Phi) is 4.39. The molecule has 0 aliphatic rings. The molecule has 5 heteroatoms. The average Bonchev–Trinajstić information content (AvgIpc) is 2.71. The number of aromatic nitrogens is 2. The van der Waals surface area contributed by atoms with Gasteiger partial charge in [0, 0.05) is 14.7 Å². The van der Waals surface area contributed by atoms with Crippen LogP contribution < -0.4 is 0 Å². The molecule has 0 amide bonds. The Morgan fingerprint density at radius 1 is 1.26 bits per heavy atom. The zero-order valence-electron chi connectivity index (χ0n) is 11.9. The normalized spacial score (nSPS) is 12.2. The van der Waals surface area contributed by atoms with Crippen molar-refractivity contribution >= 4 is 19.1 Å². The SMILES string of the molecule is C[Si](C)(C)CCOCn1c(CO)nc2ccccc21. The van der Waals surface area contributed by atoms with Crippen LogP contribution in [0.4, 0.5) is 0 Å². The molecule has 0 radical (unpaired) electrons. The third-order valence-electron chi connectivity index (χ3n) is 3.09. The zero-order chi connectivity index (χ0) is 13.9. The van der Waals surface area contributed by atoms with Gasteiger partial charge in [0.05, 0.1) is 11.0 Å². The van der Waals surface area contributed by atoms with E-state index in [0.29, 0.717) is 12.6 Å². The highest BCUT2D eigenvalue weighted by Gasteiger charge is 2.13. The minimum atomic E-state index is -1.05. The largest absolute Gasteiger partial charge is 0.388 e. The van der Waals surface area contributed by atoms with Crippen molar-refractivity contribution < 1.29 is 9.84 Å². The quantitative estimate of drug-likeness (QED) is 0.653. The van der Waals surface area contributed by atoms with Crippen molar-refractivity contribution in [2.24, 2.45) is 0 Å². The van der Waals surface area contributed by atoms with Crippen LogP contribution >= 0.6 is 0 Å². The lowest BCUT2D eigenvalue weighted by Gasteiger charge is -2.16. The number of hydrogen-bond donors (Lipinski definition) is 1. The molecule has 0 atom stereocenters. The van der Waals surface area contributed by atoms with Gasteiger partial charge in [0.1, 0.15) is 19.2 Å².